The number of halogens is 1. The van der Waals surface area contributed by atoms with Crippen LogP contribution in [0.3, 0.4) is 0 Å². The number of hydrogen-bond acceptors (Lipinski definition) is 5. The molecule has 7 nitrogen and oxygen atoms in total. The van der Waals surface area contributed by atoms with Crippen molar-refractivity contribution >= 4 is 33.5 Å². The molecule has 0 saturated heterocycles. The highest BCUT2D eigenvalue weighted by Crippen LogP contribution is 2.37. The van der Waals surface area contributed by atoms with Gasteiger partial charge in [-0.05, 0) is 29.8 Å². The first kappa shape index (κ1) is 20.9. The monoisotopic (exact) mass is 460 g/mol. The van der Waals surface area contributed by atoms with Crippen molar-refractivity contribution in [3.63, 3.8) is 0 Å². The van der Waals surface area contributed by atoms with Crippen LogP contribution >= 0.6 is 15.9 Å². The van der Waals surface area contributed by atoms with Crippen LogP contribution < -0.4 is 9.47 Å². The molecule has 1 aliphatic heterocycles. The first-order chi connectivity index (χ1) is 13.9. The zero-order chi connectivity index (χ0) is 21.0. The highest BCUT2D eigenvalue weighted by Gasteiger charge is 2.34. The lowest BCUT2D eigenvalue weighted by Gasteiger charge is -2.22. The minimum absolute atomic E-state index is 0.115. The van der Waals surface area contributed by atoms with E-state index in [0.29, 0.717) is 23.6 Å². The van der Waals surface area contributed by atoms with Crippen molar-refractivity contribution < 1.29 is 24.2 Å². The molecule has 1 heterocycles. The van der Waals surface area contributed by atoms with E-state index in [4.69, 9.17) is 14.6 Å². The number of carboxylic acid groups (broad SMARTS) is 1. The van der Waals surface area contributed by atoms with Crippen molar-refractivity contribution in [2.75, 3.05) is 14.2 Å². The number of carboxylic acids is 1. The lowest BCUT2D eigenvalue weighted by molar-refractivity contribution is -0.141. The molecule has 0 fully saturated rings. The zero-order valence-corrected chi connectivity index (χ0v) is 17.7. The SMILES string of the molecule is COc1ccc(C2=NN(C(=O)CCC(=O)O)[C@H](c3cccc(Br)c3)C2)c(OC)c1. The van der Waals surface area contributed by atoms with Gasteiger partial charge in [-0.3, -0.25) is 9.59 Å². The van der Waals surface area contributed by atoms with Crippen molar-refractivity contribution in [3.05, 3.63) is 58.1 Å². The number of aliphatic carboxylic acids is 1. The number of carbonyl (C=O) groups is 2. The van der Waals surface area contributed by atoms with Gasteiger partial charge >= 0.3 is 5.97 Å². The maximum Gasteiger partial charge on any atom is 0.303 e. The highest BCUT2D eigenvalue weighted by atomic mass is 79.9. The molecule has 1 atom stereocenters. The summed E-state index contributed by atoms with van der Waals surface area (Å²) in [6.07, 6.45) is 0.131. The van der Waals surface area contributed by atoms with Crippen LogP contribution in [0.5, 0.6) is 11.5 Å². The van der Waals surface area contributed by atoms with E-state index in [9.17, 15) is 9.59 Å². The average molecular weight is 461 g/mol. The maximum absolute atomic E-state index is 12.7. The summed E-state index contributed by atoms with van der Waals surface area (Å²) in [5.41, 5.74) is 2.37. The van der Waals surface area contributed by atoms with Gasteiger partial charge < -0.3 is 14.6 Å². The molecular weight excluding hydrogens is 440 g/mol. The minimum atomic E-state index is -1.02. The number of nitrogens with zero attached hydrogens (tertiary/aromatic N) is 2. The Hall–Kier alpha value is -2.87. The molecule has 3 rings (SSSR count). The third-order valence-electron chi connectivity index (χ3n) is 4.67. The quantitative estimate of drug-likeness (QED) is 0.673. The summed E-state index contributed by atoms with van der Waals surface area (Å²) >= 11 is 3.46. The Balaban J connectivity index is 1.97. The maximum atomic E-state index is 12.7. The highest BCUT2D eigenvalue weighted by molar-refractivity contribution is 9.10. The van der Waals surface area contributed by atoms with Crippen LogP contribution in [-0.2, 0) is 9.59 Å². The molecule has 0 spiro atoms. The molecule has 152 valence electrons. The van der Waals surface area contributed by atoms with Gasteiger partial charge in [-0.1, -0.05) is 28.1 Å². The molecule has 1 amide bonds. The third-order valence-corrected chi connectivity index (χ3v) is 5.16. The molecular formula is C21H21BrN2O5. The Morgan fingerprint density at radius 3 is 2.62 bits per heavy atom. The van der Waals surface area contributed by atoms with Crippen LogP contribution in [0, 0.1) is 0 Å². The first-order valence-corrected chi connectivity index (χ1v) is 9.81. The van der Waals surface area contributed by atoms with Gasteiger partial charge in [0.15, 0.2) is 0 Å². The Bertz CT molecular complexity index is 960. The third kappa shape index (κ3) is 4.76. The second-order valence-electron chi connectivity index (χ2n) is 6.52. The van der Waals surface area contributed by atoms with E-state index in [1.165, 1.54) is 5.01 Å². The Labute approximate surface area is 177 Å². The molecule has 0 unspecified atom stereocenters. The minimum Gasteiger partial charge on any atom is -0.497 e. The number of amides is 1. The largest absolute Gasteiger partial charge is 0.497 e. The predicted molar refractivity (Wildman–Crippen MR) is 111 cm³/mol. The Morgan fingerprint density at radius 2 is 1.97 bits per heavy atom. The van der Waals surface area contributed by atoms with Crippen molar-refractivity contribution in [2.24, 2.45) is 5.10 Å². The van der Waals surface area contributed by atoms with Crippen molar-refractivity contribution in [1.82, 2.24) is 5.01 Å². The molecule has 1 N–H and O–H groups in total. The standard InChI is InChI=1S/C21H21BrN2O5/c1-28-15-6-7-16(19(11-15)29-2)17-12-18(13-4-3-5-14(22)10-13)24(23-17)20(25)8-9-21(26)27/h3-7,10-11,18H,8-9,12H2,1-2H3,(H,26,27)/t18-/m0/s1. The molecule has 0 radical (unpaired) electrons. The lowest BCUT2D eigenvalue weighted by Crippen LogP contribution is -2.27. The molecule has 0 bridgehead atoms. The summed E-state index contributed by atoms with van der Waals surface area (Å²) in [5, 5.41) is 14.9. The van der Waals surface area contributed by atoms with E-state index < -0.39 is 5.97 Å². The normalized spacial score (nSPS) is 15.8. The van der Waals surface area contributed by atoms with Gasteiger partial charge in [-0.15, -0.1) is 0 Å². The molecule has 0 aliphatic carbocycles. The van der Waals surface area contributed by atoms with Crippen LogP contribution in [0.1, 0.15) is 36.4 Å². The van der Waals surface area contributed by atoms with Crippen LogP contribution in [0.4, 0.5) is 0 Å². The van der Waals surface area contributed by atoms with E-state index >= 15 is 0 Å². The molecule has 2 aromatic rings. The van der Waals surface area contributed by atoms with E-state index in [1.54, 1.807) is 20.3 Å². The number of rotatable bonds is 7. The van der Waals surface area contributed by atoms with E-state index in [0.717, 1.165) is 15.6 Å². The molecule has 8 heteroatoms. The topological polar surface area (TPSA) is 88.4 Å². The molecule has 2 aromatic carbocycles. The van der Waals surface area contributed by atoms with Gasteiger partial charge in [0.25, 0.3) is 0 Å². The second kappa shape index (κ2) is 9.09. The predicted octanol–water partition coefficient (Wildman–Crippen LogP) is 4.01. The number of benzene rings is 2. The fraction of sp³-hybridized carbons (Fsp3) is 0.286. The van der Waals surface area contributed by atoms with Crippen molar-refractivity contribution in [3.8, 4) is 11.5 Å². The fourth-order valence-electron chi connectivity index (χ4n) is 3.24. The summed E-state index contributed by atoms with van der Waals surface area (Å²) in [6.45, 7) is 0. The van der Waals surface area contributed by atoms with Crippen molar-refractivity contribution in [1.29, 1.82) is 0 Å². The van der Waals surface area contributed by atoms with E-state index in [2.05, 4.69) is 21.0 Å². The lowest BCUT2D eigenvalue weighted by atomic mass is 9.97. The van der Waals surface area contributed by atoms with Gasteiger partial charge in [0, 0.05) is 28.9 Å². The van der Waals surface area contributed by atoms with Gasteiger partial charge in [0.2, 0.25) is 5.91 Å². The number of carbonyl (C=O) groups excluding carboxylic acids is 1. The van der Waals surface area contributed by atoms with Crippen LogP contribution in [0.2, 0.25) is 0 Å². The summed E-state index contributed by atoms with van der Waals surface area (Å²) in [7, 11) is 3.14. The van der Waals surface area contributed by atoms with Gasteiger partial charge in [-0.25, -0.2) is 5.01 Å². The van der Waals surface area contributed by atoms with Gasteiger partial charge in [0.05, 0.1) is 32.4 Å². The summed E-state index contributed by atoms with van der Waals surface area (Å²) in [4.78, 5) is 23.6. The van der Waals surface area contributed by atoms with Crippen molar-refractivity contribution in [2.45, 2.75) is 25.3 Å². The smallest absolute Gasteiger partial charge is 0.303 e. The second-order valence-corrected chi connectivity index (χ2v) is 7.44. The number of hydrogen-bond donors (Lipinski definition) is 1. The molecule has 1 aliphatic rings. The number of hydrazone groups is 1. The van der Waals surface area contributed by atoms with Crippen LogP contribution in [0.15, 0.2) is 52.0 Å². The summed E-state index contributed by atoms with van der Waals surface area (Å²) < 4.78 is 11.6. The first-order valence-electron chi connectivity index (χ1n) is 9.02. The zero-order valence-electron chi connectivity index (χ0n) is 16.1. The molecule has 0 saturated carbocycles. The van der Waals surface area contributed by atoms with Gasteiger partial charge in [-0.2, -0.15) is 5.10 Å². The van der Waals surface area contributed by atoms with Gasteiger partial charge in [0.1, 0.15) is 11.5 Å². The Morgan fingerprint density at radius 1 is 1.17 bits per heavy atom. The van der Waals surface area contributed by atoms with E-state index in [1.807, 2.05) is 36.4 Å². The summed E-state index contributed by atoms with van der Waals surface area (Å²) in [6, 6.07) is 12.8. The van der Waals surface area contributed by atoms with E-state index in [-0.39, 0.29) is 24.8 Å². The fourth-order valence-corrected chi connectivity index (χ4v) is 3.66. The Kier molecular flexibility index (Phi) is 6.53. The molecule has 29 heavy (non-hydrogen) atoms. The number of ether oxygens (including phenoxy) is 2. The number of methoxy groups -OCH3 is 2. The van der Waals surface area contributed by atoms with Crippen LogP contribution in [-0.4, -0.2) is 41.9 Å². The average Bonchev–Trinajstić information content (AvgIpc) is 3.16. The molecule has 0 aromatic heterocycles. The summed E-state index contributed by atoms with van der Waals surface area (Å²) in [5.74, 6) is -0.101. The van der Waals surface area contributed by atoms with Crippen LogP contribution in [0.25, 0.3) is 0 Å².